The van der Waals surface area contributed by atoms with Crippen LogP contribution in [0.3, 0.4) is 0 Å². The lowest BCUT2D eigenvalue weighted by atomic mass is 9.85. The summed E-state index contributed by atoms with van der Waals surface area (Å²) in [5.41, 5.74) is 0.894. The quantitative estimate of drug-likeness (QED) is 0.688. The Morgan fingerprint density at radius 2 is 1.94 bits per heavy atom. The number of aryl methyl sites for hydroxylation is 1. The first-order chi connectivity index (χ1) is 7.75. The van der Waals surface area contributed by atoms with Gasteiger partial charge in [-0.25, -0.2) is 4.39 Å². The van der Waals surface area contributed by atoms with Gasteiger partial charge in [-0.1, -0.05) is 38.2 Å². The molecule has 0 bridgehead atoms. The molecule has 88 valence electrons. The fourth-order valence-corrected chi connectivity index (χ4v) is 3.01. The first kappa shape index (κ1) is 12.3. The second-order valence-corrected chi connectivity index (χ2v) is 6.02. The molecule has 0 atom stereocenters. The lowest BCUT2D eigenvalue weighted by Crippen LogP contribution is -2.07. The minimum absolute atomic E-state index is 0.0253. The van der Waals surface area contributed by atoms with Crippen LogP contribution in [-0.2, 0) is 6.42 Å². The molecule has 1 aliphatic rings. The van der Waals surface area contributed by atoms with Gasteiger partial charge >= 0.3 is 0 Å². The third kappa shape index (κ3) is 3.44. The Balaban J connectivity index is 1.88. The summed E-state index contributed by atoms with van der Waals surface area (Å²) in [6.07, 6.45) is 8.93. The summed E-state index contributed by atoms with van der Waals surface area (Å²) in [4.78, 5) is 0. The molecule has 1 saturated carbocycles. The van der Waals surface area contributed by atoms with Crippen LogP contribution in [-0.4, -0.2) is 0 Å². The second kappa shape index (κ2) is 5.99. The maximum atomic E-state index is 13.6. The minimum atomic E-state index is -0.0253. The highest BCUT2D eigenvalue weighted by Crippen LogP contribution is 2.28. The lowest BCUT2D eigenvalue weighted by molar-refractivity contribution is 0.338. The average Bonchev–Trinajstić information content (AvgIpc) is 2.29. The topological polar surface area (TPSA) is 0 Å². The Labute approximate surface area is 111 Å². The van der Waals surface area contributed by atoms with Gasteiger partial charge in [-0.05, 0) is 59.0 Å². The fraction of sp³-hybridized carbons (Fsp3) is 0.571. The van der Waals surface area contributed by atoms with Gasteiger partial charge in [-0.15, -0.1) is 0 Å². The smallest absolute Gasteiger partial charge is 0.127 e. The third-order valence-electron chi connectivity index (χ3n) is 3.56. The Hall–Kier alpha value is -0.120. The lowest BCUT2D eigenvalue weighted by Gasteiger charge is -2.21. The van der Waals surface area contributed by atoms with Gasteiger partial charge in [0.15, 0.2) is 0 Å². The average molecular weight is 332 g/mol. The monoisotopic (exact) mass is 332 g/mol. The molecule has 1 aromatic carbocycles. The number of rotatable bonds is 3. The first-order valence-corrected chi connectivity index (χ1v) is 7.27. The van der Waals surface area contributed by atoms with Crippen LogP contribution < -0.4 is 0 Å². The van der Waals surface area contributed by atoms with Crippen molar-refractivity contribution in [1.82, 2.24) is 0 Å². The van der Waals surface area contributed by atoms with Crippen LogP contribution in [0.1, 0.15) is 44.1 Å². The number of hydrogen-bond donors (Lipinski definition) is 0. The van der Waals surface area contributed by atoms with Crippen LogP contribution in [0.15, 0.2) is 18.2 Å². The van der Waals surface area contributed by atoms with Gasteiger partial charge in [0.25, 0.3) is 0 Å². The van der Waals surface area contributed by atoms with Gasteiger partial charge < -0.3 is 0 Å². The van der Waals surface area contributed by atoms with E-state index in [2.05, 4.69) is 22.6 Å². The van der Waals surface area contributed by atoms with Crippen LogP contribution in [0.25, 0.3) is 0 Å². The molecule has 0 unspecified atom stereocenters. The predicted octanol–water partition coefficient (Wildman–Crippen LogP) is 4.94. The highest BCUT2D eigenvalue weighted by molar-refractivity contribution is 14.1. The molecule has 0 nitrogen and oxygen atoms in total. The molecule has 2 heteroatoms. The van der Waals surface area contributed by atoms with Crippen LogP contribution in [0.5, 0.6) is 0 Å². The van der Waals surface area contributed by atoms with E-state index in [0.29, 0.717) is 0 Å². The van der Waals surface area contributed by atoms with E-state index in [-0.39, 0.29) is 5.82 Å². The van der Waals surface area contributed by atoms with Crippen molar-refractivity contribution in [3.8, 4) is 0 Å². The summed E-state index contributed by atoms with van der Waals surface area (Å²) in [6, 6.07) is 5.58. The van der Waals surface area contributed by atoms with Gasteiger partial charge in [0.2, 0.25) is 0 Å². The molecule has 0 saturated heterocycles. The van der Waals surface area contributed by atoms with Gasteiger partial charge in [-0.2, -0.15) is 0 Å². The molecule has 0 radical (unpaired) electrons. The Morgan fingerprint density at radius 3 is 2.62 bits per heavy atom. The van der Waals surface area contributed by atoms with Crippen molar-refractivity contribution in [2.24, 2.45) is 5.92 Å². The number of benzene rings is 1. The summed E-state index contributed by atoms with van der Waals surface area (Å²) >= 11 is 2.15. The van der Waals surface area contributed by atoms with Gasteiger partial charge in [0, 0.05) is 3.57 Å². The van der Waals surface area contributed by atoms with Crippen LogP contribution >= 0.6 is 22.6 Å². The van der Waals surface area contributed by atoms with Crippen molar-refractivity contribution in [2.75, 3.05) is 0 Å². The second-order valence-electron chi connectivity index (χ2n) is 4.78. The van der Waals surface area contributed by atoms with Crippen molar-refractivity contribution in [1.29, 1.82) is 0 Å². The molecule has 2 rings (SSSR count). The first-order valence-electron chi connectivity index (χ1n) is 6.19. The van der Waals surface area contributed by atoms with Crippen LogP contribution in [0.2, 0.25) is 0 Å². The molecule has 16 heavy (non-hydrogen) atoms. The third-order valence-corrected chi connectivity index (χ3v) is 4.23. The van der Waals surface area contributed by atoms with Crippen LogP contribution in [0.4, 0.5) is 4.39 Å². The summed E-state index contributed by atoms with van der Waals surface area (Å²) in [5.74, 6) is 0.815. The van der Waals surface area contributed by atoms with Crippen molar-refractivity contribution < 1.29 is 4.39 Å². The fourth-order valence-electron chi connectivity index (χ4n) is 2.56. The maximum absolute atomic E-state index is 13.6. The summed E-state index contributed by atoms with van der Waals surface area (Å²) in [5, 5.41) is 0. The molecule has 1 aliphatic carbocycles. The zero-order valence-corrected chi connectivity index (χ0v) is 11.7. The molecular formula is C14H18FI. The molecule has 0 N–H and O–H groups in total. The molecule has 1 fully saturated rings. The molecule has 0 aromatic heterocycles. The van der Waals surface area contributed by atoms with Crippen LogP contribution in [0, 0.1) is 15.3 Å². The Kier molecular flexibility index (Phi) is 4.62. The van der Waals surface area contributed by atoms with Gasteiger partial charge in [0.05, 0.1) is 0 Å². The standard InChI is InChI=1S/C14H18FI/c15-14-10-13(16)9-8-12(14)7-6-11-4-2-1-3-5-11/h8-11H,1-7H2. The van der Waals surface area contributed by atoms with Crippen molar-refractivity contribution in [3.05, 3.63) is 33.1 Å². The summed E-state index contributed by atoms with van der Waals surface area (Å²) in [7, 11) is 0. The Morgan fingerprint density at radius 1 is 1.19 bits per heavy atom. The number of halogens is 2. The van der Waals surface area contributed by atoms with E-state index in [1.54, 1.807) is 6.07 Å². The van der Waals surface area contributed by atoms with E-state index >= 15 is 0 Å². The van der Waals surface area contributed by atoms with Gasteiger partial charge in [-0.3, -0.25) is 0 Å². The molecule has 0 spiro atoms. The highest BCUT2D eigenvalue weighted by atomic mass is 127. The molecular weight excluding hydrogens is 314 g/mol. The largest absolute Gasteiger partial charge is 0.207 e. The summed E-state index contributed by atoms with van der Waals surface area (Å²) in [6.45, 7) is 0. The summed E-state index contributed by atoms with van der Waals surface area (Å²) < 4.78 is 14.6. The van der Waals surface area contributed by atoms with Crippen molar-refractivity contribution >= 4 is 22.6 Å². The number of hydrogen-bond acceptors (Lipinski definition) is 0. The van der Waals surface area contributed by atoms with E-state index < -0.39 is 0 Å². The predicted molar refractivity (Wildman–Crippen MR) is 74.0 cm³/mol. The molecule has 0 amide bonds. The molecule has 1 aromatic rings. The van der Waals surface area contributed by atoms with E-state index in [1.165, 1.54) is 32.1 Å². The minimum Gasteiger partial charge on any atom is -0.207 e. The Bertz CT molecular complexity index is 343. The van der Waals surface area contributed by atoms with Crippen molar-refractivity contribution in [3.63, 3.8) is 0 Å². The maximum Gasteiger partial charge on any atom is 0.127 e. The zero-order valence-electron chi connectivity index (χ0n) is 9.52. The van der Waals surface area contributed by atoms with Gasteiger partial charge in [0.1, 0.15) is 5.82 Å². The normalized spacial score (nSPS) is 17.6. The molecule has 0 heterocycles. The molecule has 0 aliphatic heterocycles. The van der Waals surface area contributed by atoms with E-state index in [9.17, 15) is 4.39 Å². The SMILES string of the molecule is Fc1cc(I)ccc1CCC1CCCCC1. The van der Waals surface area contributed by atoms with E-state index in [4.69, 9.17) is 0 Å². The van der Waals surface area contributed by atoms with E-state index in [0.717, 1.165) is 27.9 Å². The van der Waals surface area contributed by atoms with E-state index in [1.807, 2.05) is 12.1 Å². The zero-order chi connectivity index (χ0) is 11.4. The van der Waals surface area contributed by atoms with Crippen molar-refractivity contribution in [2.45, 2.75) is 44.9 Å². The highest BCUT2D eigenvalue weighted by Gasteiger charge is 2.14.